The van der Waals surface area contributed by atoms with Gasteiger partial charge in [-0.15, -0.1) is 0 Å². The smallest absolute Gasteiger partial charge is 0.119 e. The van der Waals surface area contributed by atoms with Gasteiger partial charge >= 0.3 is 0 Å². The van der Waals surface area contributed by atoms with Gasteiger partial charge in [0.2, 0.25) is 0 Å². The Morgan fingerprint density at radius 1 is 1.40 bits per heavy atom. The fourth-order valence-corrected chi connectivity index (χ4v) is 1.72. The molecule has 1 aliphatic heterocycles. The molecule has 3 nitrogen and oxygen atoms in total. The minimum atomic E-state index is 0.308. The number of ether oxygens (including phenoxy) is 2. The lowest BCUT2D eigenvalue weighted by Crippen LogP contribution is -2.44. The van der Waals surface area contributed by atoms with E-state index < -0.39 is 0 Å². The molecule has 1 aromatic carbocycles. The number of hydrogen-bond donors (Lipinski definition) is 1. The van der Waals surface area contributed by atoms with Crippen molar-refractivity contribution in [1.82, 2.24) is 5.32 Å². The van der Waals surface area contributed by atoms with Crippen LogP contribution in [0.4, 0.5) is 0 Å². The van der Waals surface area contributed by atoms with Gasteiger partial charge in [0.15, 0.2) is 0 Å². The third kappa shape index (κ3) is 3.48. The summed E-state index contributed by atoms with van der Waals surface area (Å²) in [5, 5.41) is 3.34. The van der Waals surface area contributed by atoms with Gasteiger partial charge in [0.1, 0.15) is 12.4 Å². The Balaban J connectivity index is 1.79. The van der Waals surface area contributed by atoms with Gasteiger partial charge in [0.05, 0.1) is 19.3 Å². The van der Waals surface area contributed by atoms with Gasteiger partial charge in [-0.05, 0) is 24.3 Å². The quantitative estimate of drug-likeness (QED) is 0.910. The molecule has 0 bridgehead atoms. The molecule has 1 N–H and O–H groups in total. The molecule has 0 radical (unpaired) electrons. The molecule has 15 heavy (non-hydrogen) atoms. The second kappa shape index (κ2) is 5.49. The number of benzene rings is 1. The van der Waals surface area contributed by atoms with E-state index in [0.29, 0.717) is 12.6 Å². The van der Waals surface area contributed by atoms with E-state index >= 15 is 0 Å². The summed E-state index contributed by atoms with van der Waals surface area (Å²) in [5.74, 6) is 0.894. The van der Waals surface area contributed by atoms with E-state index in [1.165, 1.54) is 0 Å². The third-order valence-corrected chi connectivity index (χ3v) is 2.79. The molecule has 1 aromatic rings. The van der Waals surface area contributed by atoms with Gasteiger partial charge in [0, 0.05) is 11.0 Å². The van der Waals surface area contributed by atoms with Gasteiger partial charge in [-0.1, -0.05) is 15.9 Å². The summed E-state index contributed by atoms with van der Waals surface area (Å²) in [4.78, 5) is 0. The lowest BCUT2D eigenvalue weighted by molar-refractivity contribution is 0.0592. The van der Waals surface area contributed by atoms with Crippen LogP contribution >= 0.6 is 15.9 Å². The van der Waals surface area contributed by atoms with Crippen molar-refractivity contribution in [2.24, 2.45) is 0 Å². The molecule has 0 aliphatic carbocycles. The summed E-state index contributed by atoms with van der Waals surface area (Å²) < 4.78 is 12.0. The van der Waals surface area contributed by atoms with Crippen LogP contribution in [0.25, 0.3) is 0 Å². The van der Waals surface area contributed by atoms with Crippen LogP contribution in [0, 0.1) is 0 Å². The van der Waals surface area contributed by atoms with E-state index in [9.17, 15) is 0 Å². The van der Waals surface area contributed by atoms with Crippen molar-refractivity contribution in [2.75, 3.05) is 26.4 Å². The number of hydrogen-bond acceptors (Lipinski definition) is 3. The van der Waals surface area contributed by atoms with Crippen molar-refractivity contribution in [2.45, 2.75) is 6.04 Å². The van der Waals surface area contributed by atoms with Crippen LogP contribution in [0.2, 0.25) is 0 Å². The molecule has 4 heteroatoms. The molecule has 0 spiro atoms. The second-order valence-electron chi connectivity index (χ2n) is 3.49. The summed E-state index contributed by atoms with van der Waals surface area (Å²) in [6, 6.07) is 8.16. The Labute approximate surface area is 97.9 Å². The fraction of sp³-hybridized carbons (Fsp3) is 0.455. The molecule has 82 valence electrons. The first-order chi connectivity index (χ1) is 7.34. The highest BCUT2D eigenvalue weighted by Gasteiger charge is 2.13. The third-order valence-electron chi connectivity index (χ3n) is 2.26. The van der Waals surface area contributed by atoms with Gasteiger partial charge in [0.25, 0.3) is 0 Å². The first kappa shape index (κ1) is 10.9. The highest BCUT2D eigenvalue weighted by Crippen LogP contribution is 2.16. The summed E-state index contributed by atoms with van der Waals surface area (Å²) in [5.41, 5.74) is 0. The molecule has 1 heterocycles. The first-order valence-electron chi connectivity index (χ1n) is 5.04. The lowest BCUT2D eigenvalue weighted by atomic mass is 10.3. The zero-order valence-corrected chi connectivity index (χ0v) is 10.00. The summed E-state index contributed by atoms with van der Waals surface area (Å²) in [6.45, 7) is 3.10. The standard InChI is InChI=1S/C11H14BrNO2/c12-9-1-3-11(4-2-9)15-8-10-7-14-6-5-13-10/h1-4,10,13H,5-8H2. The van der Waals surface area contributed by atoms with E-state index in [-0.39, 0.29) is 0 Å². The molecule has 0 aromatic heterocycles. The molecule has 1 aliphatic rings. The molecule has 1 saturated heterocycles. The molecule has 1 unspecified atom stereocenters. The maximum Gasteiger partial charge on any atom is 0.119 e. The molecule has 2 rings (SSSR count). The molecule has 0 amide bonds. The zero-order chi connectivity index (χ0) is 10.5. The lowest BCUT2D eigenvalue weighted by Gasteiger charge is -2.23. The van der Waals surface area contributed by atoms with Crippen LogP contribution in [0.15, 0.2) is 28.7 Å². The van der Waals surface area contributed by atoms with Crippen LogP contribution in [-0.4, -0.2) is 32.4 Å². The van der Waals surface area contributed by atoms with Gasteiger partial charge in [-0.2, -0.15) is 0 Å². The predicted molar refractivity (Wildman–Crippen MR) is 62.2 cm³/mol. The first-order valence-corrected chi connectivity index (χ1v) is 5.83. The average molecular weight is 272 g/mol. The largest absolute Gasteiger partial charge is 0.492 e. The second-order valence-corrected chi connectivity index (χ2v) is 4.41. The van der Waals surface area contributed by atoms with Crippen molar-refractivity contribution in [3.8, 4) is 5.75 Å². The highest BCUT2D eigenvalue weighted by molar-refractivity contribution is 9.10. The predicted octanol–water partition coefficient (Wildman–Crippen LogP) is 1.82. The average Bonchev–Trinajstić information content (AvgIpc) is 2.30. The van der Waals surface area contributed by atoms with Gasteiger partial charge < -0.3 is 14.8 Å². The summed E-state index contributed by atoms with van der Waals surface area (Å²) in [6.07, 6.45) is 0. The minimum Gasteiger partial charge on any atom is -0.492 e. The molecule has 0 saturated carbocycles. The topological polar surface area (TPSA) is 30.5 Å². The fourth-order valence-electron chi connectivity index (χ4n) is 1.45. The van der Waals surface area contributed by atoms with E-state index in [1.54, 1.807) is 0 Å². The highest BCUT2D eigenvalue weighted by atomic mass is 79.9. The van der Waals surface area contributed by atoms with Crippen molar-refractivity contribution in [1.29, 1.82) is 0 Å². The van der Waals surface area contributed by atoms with E-state index in [2.05, 4.69) is 21.2 Å². The summed E-state index contributed by atoms with van der Waals surface area (Å²) in [7, 11) is 0. The molecule has 1 fully saturated rings. The summed E-state index contributed by atoms with van der Waals surface area (Å²) >= 11 is 3.39. The van der Waals surface area contributed by atoms with E-state index in [0.717, 1.165) is 30.0 Å². The Morgan fingerprint density at radius 2 is 2.20 bits per heavy atom. The Kier molecular flexibility index (Phi) is 4.00. The number of nitrogens with one attached hydrogen (secondary N) is 1. The minimum absolute atomic E-state index is 0.308. The van der Waals surface area contributed by atoms with Gasteiger partial charge in [-0.3, -0.25) is 0 Å². The Morgan fingerprint density at radius 3 is 2.87 bits per heavy atom. The Bertz CT molecular complexity index is 296. The van der Waals surface area contributed by atoms with Crippen molar-refractivity contribution in [3.63, 3.8) is 0 Å². The number of rotatable bonds is 3. The molecule has 1 atom stereocenters. The van der Waals surface area contributed by atoms with Crippen molar-refractivity contribution < 1.29 is 9.47 Å². The van der Waals surface area contributed by atoms with Gasteiger partial charge in [-0.25, -0.2) is 0 Å². The molecular weight excluding hydrogens is 258 g/mol. The van der Waals surface area contributed by atoms with Crippen LogP contribution in [0.5, 0.6) is 5.75 Å². The maximum atomic E-state index is 5.64. The number of halogens is 1. The van der Waals surface area contributed by atoms with E-state index in [1.807, 2.05) is 24.3 Å². The number of morpholine rings is 1. The zero-order valence-electron chi connectivity index (χ0n) is 8.41. The van der Waals surface area contributed by atoms with Crippen LogP contribution in [0.3, 0.4) is 0 Å². The normalized spacial score (nSPS) is 21.3. The van der Waals surface area contributed by atoms with Crippen molar-refractivity contribution in [3.05, 3.63) is 28.7 Å². The Hall–Kier alpha value is -0.580. The maximum absolute atomic E-state index is 5.64. The van der Waals surface area contributed by atoms with E-state index in [4.69, 9.17) is 9.47 Å². The van der Waals surface area contributed by atoms with Crippen LogP contribution in [0.1, 0.15) is 0 Å². The SMILES string of the molecule is Brc1ccc(OCC2COCCN2)cc1. The van der Waals surface area contributed by atoms with Crippen molar-refractivity contribution >= 4 is 15.9 Å². The van der Waals surface area contributed by atoms with Crippen LogP contribution < -0.4 is 10.1 Å². The van der Waals surface area contributed by atoms with Crippen LogP contribution in [-0.2, 0) is 4.74 Å². The molecular formula is C11H14BrNO2. The monoisotopic (exact) mass is 271 g/mol.